The molecule has 0 radical (unpaired) electrons. The van der Waals surface area contributed by atoms with Gasteiger partial charge < -0.3 is 14.4 Å². The third-order valence-electron chi connectivity index (χ3n) is 8.07. The van der Waals surface area contributed by atoms with Gasteiger partial charge in [0.1, 0.15) is 5.75 Å². The number of nitrogens with zero attached hydrogens (tertiary/aromatic N) is 3. The zero-order valence-corrected chi connectivity index (χ0v) is 23.1. The molecule has 9 heteroatoms. The van der Waals surface area contributed by atoms with E-state index < -0.39 is 17.7 Å². The van der Waals surface area contributed by atoms with E-state index in [-0.39, 0.29) is 0 Å². The van der Waals surface area contributed by atoms with Crippen LogP contribution in [0.1, 0.15) is 60.5 Å². The molecular formula is C31H36F3N3O3. The van der Waals surface area contributed by atoms with E-state index in [9.17, 15) is 18.0 Å². The van der Waals surface area contributed by atoms with Crippen molar-refractivity contribution in [2.45, 2.75) is 57.8 Å². The fourth-order valence-electron chi connectivity index (χ4n) is 6.06. The van der Waals surface area contributed by atoms with Gasteiger partial charge in [0.05, 0.1) is 36.1 Å². The van der Waals surface area contributed by atoms with Crippen molar-refractivity contribution in [1.29, 1.82) is 0 Å². The molecule has 1 aromatic heterocycles. The Morgan fingerprint density at radius 3 is 2.45 bits per heavy atom. The third kappa shape index (κ3) is 6.10. The Bertz CT molecular complexity index is 1350. The van der Waals surface area contributed by atoms with Crippen LogP contribution in [0.15, 0.2) is 42.5 Å². The number of likely N-dealkylation sites (tertiary alicyclic amines) is 2. The summed E-state index contributed by atoms with van der Waals surface area (Å²) < 4.78 is 51.9. The summed E-state index contributed by atoms with van der Waals surface area (Å²) in [5.74, 6) is 0.0366. The van der Waals surface area contributed by atoms with Gasteiger partial charge in [-0.1, -0.05) is 18.6 Å². The van der Waals surface area contributed by atoms with Crippen molar-refractivity contribution < 1.29 is 27.4 Å². The highest BCUT2D eigenvalue weighted by molar-refractivity contribution is 6.07. The van der Waals surface area contributed by atoms with Crippen LogP contribution < -0.4 is 4.74 Å². The van der Waals surface area contributed by atoms with Gasteiger partial charge in [-0.25, -0.2) is 9.78 Å². The molecule has 0 bridgehead atoms. The van der Waals surface area contributed by atoms with Crippen LogP contribution in [0.3, 0.4) is 0 Å². The Kier molecular flexibility index (Phi) is 8.61. The number of ether oxygens (including phenoxy) is 2. The predicted octanol–water partition coefficient (Wildman–Crippen LogP) is 6.56. The number of fused-ring (bicyclic) bond motifs is 1. The number of alkyl halides is 3. The molecule has 6 nitrogen and oxygen atoms in total. The first-order chi connectivity index (χ1) is 19.3. The lowest BCUT2D eigenvalue weighted by atomic mass is 9.94. The Labute approximate surface area is 233 Å². The lowest BCUT2D eigenvalue weighted by Crippen LogP contribution is -2.46. The molecular weight excluding hydrogens is 519 g/mol. The highest BCUT2D eigenvalue weighted by Crippen LogP contribution is 2.37. The third-order valence-corrected chi connectivity index (χ3v) is 8.07. The fourth-order valence-corrected chi connectivity index (χ4v) is 6.06. The van der Waals surface area contributed by atoms with Crippen molar-refractivity contribution in [1.82, 2.24) is 14.8 Å². The highest BCUT2D eigenvalue weighted by atomic mass is 19.4. The van der Waals surface area contributed by atoms with Crippen molar-refractivity contribution >= 4 is 16.9 Å². The van der Waals surface area contributed by atoms with Crippen LogP contribution >= 0.6 is 0 Å². The Morgan fingerprint density at radius 1 is 1.02 bits per heavy atom. The minimum atomic E-state index is -4.50. The van der Waals surface area contributed by atoms with Crippen LogP contribution in [0.2, 0.25) is 0 Å². The topological polar surface area (TPSA) is 54.9 Å². The average molecular weight is 556 g/mol. The number of piperidine rings is 2. The second-order valence-electron chi connectivity index (χ2n) is 10.6. The number of benzene rings is 2. The number of rotatable bonds is 7. The smallest absolute Gasteiger partial charge is 0.416 e. The number of hydrogen-bond acceptors (Lipinski definition) is 6. The molecule has 0 amide bonds. The Balaban J connectivity index is 1.58. The molecule has 2 aliphatic heterocycles. The van der Waals surface area contributed by atoms with Crippen molar-refractivity contribution in [2.75, 3.05) is 39.9 Å². The molecule has 2 saturated heterocycles. The summed E-state index contributed by atoms with van der Waals surface area (Å²) in [6, 6.07) is 10.9. The van der Waals surface area contributed by atoms with E-state index in [1.807, 2.05) is 6.92 Å². The van der Waals surface area contributed by atoms with Gasteiger partial charge in [-0.3, -0.25) is 4.90 Å². The quantitative estimate of drug-likeness (QED) is 0.308. The Hall–Kier alpha value is -3.17. The molecule has 2 aromatic carbocycles. The van der Waals surface area contributed by atoms with Gasteiger partial charge in [0.2, 0.25) is 0 Å². The maximum absolute atomic E-state index is 13.7. The molecule has 214 valence electrons. The van der Waals surface area contributed by atoms with Crippen LogP contribution in [0.25, 0.3) is 22.2 Å². The molecule has 0 aliphatic carbocycles. The van der Waals surface area contributed by atoms with Crippen LogP contribution in [0.5, 0.6) is 5.75 Å². The second kappa shape index (κ2) is 12.1. The molecule has 3 aromatic rings. The van der Waals surface area contributed by atoms with Crippen molar-refractivity contribution in [3.05, 3.63) is 59.2 Å². The van der Waals surface area contributed by atoms with Crippen molar-refractivity contribution in [3.8, 4) is 17.0 Å². The number of halogens is 3. The first kappa shape index (κ1) is 28.4. The monoisotopic (exact) mass is 555 g/mol. The SMILES string of the molecule is CCOc1ccc2nc(-c3cccc(C(F)(F)F)c3)c(CN3CCC(N4CCCCC4)CC3)c(C(=O)OC)c2c1. The minimum absolute atomic E-state index is 0.314. The van der Waals surface area contributed by atoms with E-state index in [4.69, 9.17) is 14.5 Å². The molecule has 3 heterocycles. The average Bonchev–Trinajstić information content (AvgIpc) is 2.97. The molecule has 0 N–H and O–H groups in total. The summed E-state index contributed by atoms with van der Waals surface area (Å²) in [5, 5.41) is 0.562. The molecule has 0 spiro atoms. The van der Waals surface area contributed by atoms with E-state index >= 15 is 0 Å². The summed E-state index contributed by atoms with van der Waals surface area (Å²) in [7, 11) is 1.32. The summed E-state index contributed by atoms with van der Waals surface area (Å²) >= 11 is 0. The molecule has 0 unspecified atom stereocenters. The van der Waals surface area contributed by atoms with E-state index in [2.05, 4.69) is 9.80 Å². The van der Waals surface area contributed by atoms with E-state index in [0.29, 0.717) is 58.2 Å². The first-order valence-electron chi connectivity index (χ1n) is 14.1. The number of esters is 1. The van der Waals surface area contributed by atoms with E-state index in [1.54, 1.807) is 24.3 Å². The zero-order chi connectivity index (χ0) is 28.3. The van der Waals surface area contributed by atoms with Gasteiger partial charge in [0.15, 0.2) is 0 Å². The molecule has 0 atom stereocenters. The molecule has 5 rings (SSSR count). The van der Waals surface area contributed by atoms with Crippen LogP contribution in [0, 0.1) is 0 Å². The van der Waals surface area contributed by atoms with Crippen molar-refractivity contribution in [3.63, 3.8) is 0 Å². The van der Waals surface area contributed by atoms with Gasteiger partial charge in [-0.05, 0) is 89.1 Å². The normalized spacial score (nSPS) is 17.7. The van der Waals surface area contributed by atoms with Crippen molar-refractivity contribution in [2.24, 2.45) is 0 Å². The Morgan fingerprint density at radius 2 is 1.77 bits per heavy atom. The standard InChI is InChI=1S/C31H36F3N3O3/c1-3-40-24-10-11-27-25(19-24)28(30(38)39-2)26(29(35-27)21-8-7-9-22(18-21)31(32,33)34)20-36-16-12-23(13-17-36)37-14-5-4-6-15-37/h7-11,18-19,23H,3-6,12-17,20H2,1-2H3. The maximum atomic E-state index is 13.7. The van der Waals surface area contributed by atoms with Crippen LogP contribution in [-0.2, 0) is 17.5 Å². The van der Waals surface area contributed by atoms with Gasteiger partial charge in [-0.15, -0.1) is 0 Å². The number of carbonyl (C=O) groups excluding carboxylic acids is 1. The van der Waals surface area contributed by atoms with Gasteiger partial charge in [0, 0.05) is 29.1 Å². The lowest BCUT2D eigenvalue weighted by Gasteiger charge is -2.40. The first-order valence-corrected chi connectivity index (χ1v) is 14.1. The number of hydrogen-bond donors (Lipinski definition) is 0. The van der Waals surface area contributed by atoms with Gasteiger partial charge >= 0.3 is 12.1 Å². The zero-order valence-electron chi connectivity index (χ0n) is 23.1. The second-order valence-corrected chi connectivity index (χ2v) is 10.6. The maximum Gasteiger partial charge on any atom is 0.416 e. The molecule has 40 heavy (non-hydrogen) atoms. The van der Waals surface area contributed by atoms with E-state index in [1.165, 1.54) is 32.4 Å². The summed E-state index contributed by atoms with van der Waals surface area (Å²) in [6.07, 6.45) is 1.32. The minimum Gasteiger partial charge on any atom is -0.494 e. The van der Waals surface area contributed by atoms with Crippen LogP contribution in [0.4, 0.5) is 13.2 Å². The summed E-state index contributed by atoms with van der Waals surface area (Å²) in [5.41, 5.74) is 1.30. The molecule has 0 saturated carbocycles. The largest absolute Gasteiger partial charge is 0.494 e. The fraction of sp³-hybridized carbons (Fsp3) is 0.484. The summed E-state index contributed by atoms with van der Waals surface area (Å²) in [6.45, 7) is 6.67. The van der Waals surface area contributed by atoms with Gasteiger partial charge in [0.25, 0.3) is 0 Å². The summed E-state index contributed by atoms with van der Waals surface area (Å²) in [4.78, 5) is 23.0. The highest BCUT2D eigenvalue weighted by Gasteiger charge is 2.32. The van der Waals surface area contributed by atoms with Gasteiger partial charge in [-0.2, -0.15) is 13.2 Å². The number of methoxy groups -OCH3 is 1. The van der Waals surface area contributed by atoms with E-state index in [0.717, 1.165) is 51.2 Å². The van der Waals surface area contributed by atoms with Crippen LogP contribution in [-0.4, -0.2) is 66.7 Å². The number of pyridine rings is 1. The molecule has 2 aliphatic rings. The number of aromatic nitrogens is 1. The lowest BCUT2D eigenvalue weighted by molar-refractivity contribution is -0.137. The number of carbonyl (C=O) groups is 1. The predicted molar refractivity (Wildman–Crippen MR) is 148 cm³/mol. The molecule has 2 fully saturated rings.